The molecule has 7 aromatic carbocycles. The first-order valence-corrected chi connectivity index (χ1v) is 24.4. The first-order chi connectivity index (χ1) is 31.3. The van der Waals surface area contributed by atoms with Gasteiger partial charge >= 0.3 is 0 Å². The monoisotopic (exact) mass is 1020 g/mol. The van der Waals surface area contributed by atoms with Crippen molar-refractivity contribution < 1.29 is 28.6 Å². The second-order valence-corrected chi connectivity index (χ2v) is 21.4. The minimum Gasteiger partial charge on any atom is -0.501 e. The van der Waals surface area contributed by atoms with E-state index in [0.717, 1.165) is 55.6 Å². The minimum absolute atomic E-state index is 0. The summed E-state index contributed by atoms with van der Waals surface area (Å²) >= 11 is 0. The number of rotatable bonds is 8. The van der Waals surface area contributed by atoms with Gasteiger partial charge in [-0.1, -0.05) is 166 Å². The number of para-hydroxylation sites is 3. The van der Waals surface area contributed by atoms with E-state index in [0.29, 0.717) is 5.56 Å². The van der Waals surface area contributed by atoms with E-state index >= 15 is 0 Å². The van der Waals surface area contributed by atoms with E-state index in [1.807, 2.05) is 36.4 Å². The number of hydrogen-bond donors (Lipinski definition) is 0. The van der Waals surface area contributed by atoms with Crippen LogP contribution in [0.25, 0.3) is 72.4 Å². The molecule has 6 heteroatoms. The van der Waals surface area contributed by atoms with Crippen LogP contribution in [0.1, 0.15) is 60.3 Å². The van der Waals surface area contributed by atoms with Gasteiger partial charge in [0.25, 0.3) is 0 Å². The van der Waals surface area contributed by atoms with Crippen molar-refractivity contribution in [2.75, 3.05) is 0 Å². The second kappa shape index (κ2) is 18.3. The number of nitrogens with zero attached hydrogens (tertiary/aromatic N) is 3. The molecule has 63 heavy (non-hydrogen) atoms. The van der Waals surface area contributed by atoms with Crippen LogP contribution in [0, 0.1) is 19.0 Å². The molecule has 0 aliphatic rings. The molecule has 10 aromatic rings. The number of hydrogen-bond acceptors (Lipinski definition) is 3. The summed E-state index contributed by atoms with van der Waals surface area (Å²) in [7, 11) is -1.80. The molecule has 0 atom stereocenters. The molecule has 0 bridgehead atoms. The zero-order chi connectivity index (χ0) is 45.5. The number of pyridine rings is 1. The van der Waals surface area contributed by atoms with Gasteiger partial charge in [0.15, 0.2) is 0 Å². The average molecular weight is 1020 g/mol. The number of aromatic nitrogens is 3. The van der Waals surface area contributed by atoms with Crippen molar-refractivity contribution in [2.45, 2.75) is 59.5 Å². The maximum absolute atomic E-state index is 7.25. The van der Waals surface area contributed by atoms with E-state index in [9.17, 15) is 0 Å². The number of furan rings is 1. The maximum atomic E-state index is 7.25. The maximum Gasteiger partial charge on any atom is 0.120 e. The van der Waals surface area contributed by atoms with Crippen LogP contribution < -0.4 is 10.4 Å². The smallest absolute Gasteiger partial charge is 0.120 e. The molecule has 0 aliphatic carbocycles. The summed E-state index contributed by atoms with van der Waals surface area (Å²) < 4.78 is 30.6. The van der Waals surface area contributed by atoms with Crippen LogP contribution in [0.2, 0.25) is 13.1 Å². The summed E-state index contributed by atoms with van der Waals surface area (Å²) in [5.41, 5.74) is 12.8. The Hall–Kier alpha value is -6.17. The van der Waals surface area contributed by atoms with Crippen LogP contribution in [0.5, 0.6) is 0 Å². The molecule has 0 saturated carbocycles. The summed E-state index contributed by atoms with van der Waals surface area (Å²) in [6.07, 6.45) is 1.70. The van der Waals surface area contributed by atoms with E-state index in [4.69, 9.17) is 13.5 Å². The predicted molar refractivity (Wildman–Crippen MR) is 263 cm³/mol. The predicted octanol–water partition coefficient (Wildman–Crippen LogP) is 14.0. The molecular formula is C57H51IrN3OSi-2. The fraction of sp³-hybridized carbons (Fsp3) is 0.158. The van der Waals surface area contributed by atoms with Crippen LogP contribution >= 0.6 is 0 Å². The zero-order valence-corrected chi connectivity index (χ0v) is 39.8. The molecule has 3 aromatic heterocycles. The van der Waals surface area contributed by atoms with E-state index in [-0.39, 0.29) is 31.9 Å². The first kappa shape index (κ1) is 39.7. The Labute approximate surface area is 390 Å². The average Bonchev–Trinajstić information content (AvgIpc) is 3.90. The minimum atomic E-state index is -2.07. The molecule has 0 saturated heterocycles. The van der Waals surface area contributed by atoms with Crippen molar-refractivity contribution in [2.24, 2.45) is 0 Å². The standard InChI is InChI=1S/C45H41N2OSi.C12H10N.Ir/c1-29(2)38-27-32(31-23-25-34(26-24-31)49(5,6)33-15-8-7-9-16-33)28-39(30(3)4)43(38)47-41-21-12-11-20-40(41)46-45(47)37-19-14-18-36-35-17-10-13-22-42(35)48-44(36)37;1-10-5-7-11(8-6-10)12-4-2-3-9-13-12;/h7-18,20-30H,1-6H3;2-7,9H,1H3;/q2*-1;/i;1D3;. The third-order valence-corrected chi connectivity index (χ3v) is 15.5. The van der Waals surface area contributed by atoms with Crippen molar-refractivity contribution in [3.63, 3.8) is 0 Å². The van der Waals surface area contributed by atoms with E-state index in [2.05, 4.69) is 172 Å². The van der Waals surface area contributed by atoms with Crippen LogP contribution in [-0.4, -0.2) is 22.6 Å². The Balaban J connectivity index is 0.000000295. The largest absolute Gasteiger partial charge is 0.501 e. The van der Waals surface area contributed by atoms with Gasteiger partial charge in [-0.3, -0.25) is 4.98 Å². The van der Waals surface area contributed by atoms with Crippen LogP contribution in [0.15, 0.2) is 174 Å². The molecule has 0 aliphatic heterocycles. The van der Waals surface area contributed by atoms with Gasteiger partial charge in [0.2, 0.25) is 0 Å². The van der Waals surface area contributed by atoms with Crippen molar-refractivity contribution in [1.82, 2.24) is 14.5 Å². The first-order valence-electron chi connectivity index (χ1n) is 22.9. The molecule has 0 unspecified atom stereocenters. The SMILES string of the molecule is CC(C)c1cc(-c2ccc([Si](C)(C)c3ccccc3)cc2)cc(C(C)C)c1-n1c(-c2[c-]ccc3c2oc2ccccc23)nc2ccccc21.[2H]C([2H])([2H])c1c[c-]c(-c2ccccn2)cc1.[Ir]. The molecule has 0 spiro atoms. The fourth-order valence-corrected chi connectivity index (χ4v) is 10.8. The molecular weight excluding hydrogens is 963 g/mol. The van der Waals surface area contributed by atoms with Gasteiger partial charge in [-0.05, 0) is 76.2 Å². The van der Waals surface area contributed by atoms with Crippen molar-refractivity contribution in [3.05, 3.63) is 199 Å². The Kier molecular flexibility index (Phi) is 11.5. The number of aryl methyl sites for hydroxylation is 1. The zero-order valence-electron chi connectivity index (χ0n) is 39.4. The van der Waals surface area contributed by atoms with Crippen LogP contribution in [0.3, 0.4) is 0 Å². The molecule has 3 heterocycles. The van der Waals surface area contributed by atoms with E-state index in [1.54, 1.807) is 18.3 Å². The van der Waals surface area contributed by atoms with Crippen LogP contribution in [-0.2, 0) is 20.1 Å². The van der Waals surface area contributed by atoms with Crippen molar-refractivity contribution >= 4 is 51.4 Å². The molecule has 4 nitrogen and oxygen atoms in total. The Morgan fingerprint density at radius 2 is 1.35 bits per heavy atom. The summed E-state index contributed by atoms with van der Waals surface area (Å²) in [4.78, 5) is 9.46. The third-order valence-electron chi connectivity index (χ3n) is 11.9. The van der Waals surface area contributed by atoms with Crippen molar-refractivity contribution in [3.8, 4) is 39.5 Å². The molecule has 0 N–H and O–H groups in total. The van der Waals surface area contributed by atoms with E-state index in [1.165, 1.54) is 44.4 Å². The quantitative estimate of drug-likeness (QED) is 0.113. The molecule has 0 amide bonds. The fourth-order valence-electron chi connectivity index (χ4n) is 8.47. The third kappa shape index (κ3) is 8.51. The van der Waals surface area contributed by atoms with Gasteiger partial charge in [-0.15, -0.1) is 53.6 Å². The normalized spacial score (nSPS) is 12.5. The number of benzene rings is 7. The summed E-state index contributed by atoms with van der Waals surface area (Å²) in [5, 5.41) is 5.08. The molecule has 0 fully saturated rings. The Bertz CT molecular complexity index is 3240. The molecule has 1 radical (unpaired) electrons. The number of imidazole rings is 1. The Morgan fingerprint density at radius 3 is 2.03 bits per heavy atom. The van der Waals surface area contributed by atoms with Gasteiger partial charge in [-0.25, -0.2) is 0 Å². The van der Waals surface area contributed by atoms with Gasteiger partial charge < -0.3 is 14.0 Å². The second-order valence-electron chi connectivity index (χ2n) is 17.0. The topological polar surface area (TPSA) is 43.9 Å². The number of fused-ring (bicyclic) bond motifs is 4. The van der Waals surface area contributed by atoms with Gasteiger partial charge in [0.05, 0.1) is 22.4 Å². The Morgan fingerprint density at radius 1 is 0.667 bits per heavy atom. The van der Waals surface area contributed by atoms with Crippen LogP contribution in [0.4, 0.5) is 0 Å². The summed E-state index contributed by atoms with van der Waals surface area (Å²) in [6.45, 7) is 12.0. The summed E-state index contributed by atoms with van der Waals surface area (Å²) in [5.74, 6) is 1.40. The molecule has 10 rings (SSSR count). The molecule has 315 valence electrons. The van der Waals surface area contributed by atoms with Gasteiger partial charge in [-0.2, -0.15) is 0 Å². The van der Waals surface area contributed by atoms with Gasteiger partial charge in [0, 0.05) is 41.5 Å². The van der Waals surface area contributed by atoms with Gasteiger partial charge in [0.1, 0.15) is 13.7 Å². The summed E-state index contributed by atoms with van der Waals surface area (Å²) in [6, 6.07) is 62.9. The van der Waals surface area contributed by atoms with E-state index < -0.39 is 14.9 Å². The van der Waals surface area contributed by atoms with Crippen molar-refractivity contribution in [1.29, 1.82) is 0 Å².